The van der Waals surface area contributed by atoms with Crippen LogP contribution in [0, 0.1) is 6.92 Å². The van der Waals surface area contributed by atoms with Gasteiger partial charge in [0.25, 0.3) is 0 Å². The van der Waals surface area contributed by atoms with Crippen LogP contribution >= 0.6 is 11.6 Å². The van der Waals surface area contributed by atoms with Crippen molar-refractivity contribution < 1.29 is 22.7 Å². The van der Waals surface area contributed by atoms with Crippen molar-refractivity contribution in [1.82, 2.24) is 10.2 Å². The summed E-state index contributed by atoms with van der Waals surface area (Å²) in [6, 6.07) is 11.2. The second-order valence-electron chi connectivity index (χ2n) is 9.74. The average molecular weight is 538 g/mol. The smallest absolute Gasteiger partial charge is 0.244 e. The number of anilines is 1. The van der Waals surface area contributed by atoms with Crippen molar-refractivity contribution in [2.24, 2.45) is 0 Å². The van der Waals surface area contributed by atoms with Gasteiger partial charge in [-0.3, -0.25) is 13.9 Å². The van der Waals surface area contributed by atoms with Crippen LogP contribution in [0.1, 0.15) is 45.2 Å². The summed E-state index contributed by atoms with van der Waals surface area (Å²) in [5.74, 6) is -0.159. The van der Waals surface area contributed by atoms with Gasteiger partial charge in [0, 0.05) is 17.1 Å². The van der Waals surface area contributed by atoms with Crippen molar-refractivity contribution in [1.29, 1.82) is 0 Å². The van der Waals surface area contributed by atoms with Crippen LogP contribution in [0.4, 0.5) is 5.69 Å². The Kier molecular flexibility index (Phi) is 9.79. The molecule has 2 aromatic carbocycles. The van der Waals surface area contributed by atoms with Gasteiger partial charge in [-0.1, -0.05) is 36.7 Å². The van der Waals surface area contributed by atoms with E-state index in [1.165, 1.54) is 11.0 Å². The third kappa shape index (κ3) is 8.13. The number of hydrogen-bond acceptors (Lipinski definition) is 5. The molecule has 0 heterocycles. The lowest BCUT2D eigenvalue weighted by atomic mass is 10.1. The molecule has 0 aliphatic rings. The molecule has 1 N–H and O–H groups in total. The Morgan fingerprint density at radius 2 is 1.72 bits per heavy atom. The molecule has 0 aliphatic carbocycles. The van der Waals surface area contributed by atoms with E-state index in [1.54, 1.807) is 38.3 Å². The Labute approximate surface area is 219 Å². The van der Waals surface area contributed by atoms with Gasteiger partial charge < -0.3 is 15.0 Å². The average Bonchev–Trinajstić information content (AvgIpc) is 2.77. The Morgan fingerprint density at radius 3 is 2.19 bits per heavy atom. The molecule has 8 nitrogen and oxygen atoms in total. The molecular weight excluding hydrogens is 502 g/mol. The quantitative estimate of drug-likeness (QED) is 0.491. The number of rotatable bonds is 10. The highest BCUT2D eigenvalue weighted by Crippen LogP contribution is 2.26. The fourth-order valence-electron chi connectivity index (χ4n) is 3.65. The Hall–Kier alpha value is -2.78. The maximum Gasteiger partial charge on any atom is 0.244 e. The van der Waals surface area contributed by atoms with Gasteiger partial charge in [0.2, 0.25) is 21.8 Å². The molecule has 2 aromatic rings. The highest BCUT2D eigenvalue weighted by atomic mass is 35.5. The third-order valence-electron chi connectivity index (χ3n) is 5.52. The van der Waals surface area contributed by atoms with Gasteiger partial charge in [0.1, 0.15) is 18.3 Å². The van der Waals surface area contributed by atoms with Gasteiger partial charge in [0.05, 0.1) is 19.1 Å². The number of nitrogens with zero attached hydrogens (tertiary/aromatic N) is 2. The summed E-state index contributed by atoms with van der Waals surface area (Å²) in [4.78, 5) is 28.3. The fraction of sp³-hybridized carbons (Fsp3) is 0.462. The predicted molar refractivity (Wildman–Crippen MR) is 144 cm³/mol. The van der Waals surface area contributed by atoms with Crippen molar-refractivity contribution in [3.05, 3.63) is 58.6 Å². The molecule has 2 rings (SSSR count). The van der Waals surface area contributed by atoms with Gasteiger partial charge in [-0.2, -0.15) is 0 Å². The standard InChI is InChI=1S/C26H36ClN3O5S/c1-8-23(25(32)28-26(3,4)5)29(16-19-10-13-21(35-6)14-11-19)24(31)17-30(36(7,33)34)20-12-9-18(2)22(27)15-20/h9-15,23H,8,16-17H2,1-7H3,(H,28,32)/t23-/m1/s1. The first kappa shape index (κ1) is 29.5. The first-order chi connectivity index (χ1) is 16.7. The molecule has 0 saturated carbocycles. The summed E-state index contributed by atoms with van der Waals surface area (Å²) in [7, 11) is -2.27. The summed E-state index contributed by atoms with van der Waals surface area (Å²) < 4.78 is 31.6. The van der Waals surface area contributed by atoms with Crippen LogP contribution in [0.3, 0.4) is 0 Å². The van der Waals surface area contributed by atoms with E-state index in [1.807, 2.05) is 39.8 Å². The topological polar surface area (TPSA) is 96.0 Å². The molecule has 198 valence electrons. The molecule has 0 spiro atoms. The highest BCUT2D eigenvalue weighted by molar-refractivity contribution is 7.92. The van der Waals surface area contributed by atoms with Gasteiger partial charge >= 0.3 is 0 Å². The van der Waals surface area contributed by atoms with E-state index in [-0.39, 0.29) is 18.1 Å². The molecule has 0 fully saturated rings. The maximum absolute atomic E-state index is 13.7. The van der Waals surface area contributed by atoms with E-state index in [0.29, 0.717) is 17.2 Å². The molecule has 2 amide bonds. The Bertz CT molecular complexity index is 1180. The van der Waals surface area contributed by atoms with E-state index in [9.17, 15) is 18.0 Å². The number of hydrogen-bond donors (Lipinski definition) is 1. The first-order valence-corrected chi connectivity index (χ1v) is 13.9. The van der Waals surface area contributed by atoms with Gasteiger partial charge in [-0.15, -0.1) is 0 Å². The Morgan fingerprint density at radius 1 is 1.11 bits per heavy atom. The minimum atomic E-state index is -3.83. The summed E-state index contributed by atoms with van der Waals surface area (Å²) in [6.07, 6.45) is 1.38. The molecule has 0 aliphatic heterocycles. The molecule has 0 saturated heterocycles. The SMILES string of the molecule is CC[C@H](C(=O)NC(C)(C)C)N(Cc1ccc(OC)cc1)C(=O)CN(c1ccc(C)c(Cl)c1)S(C)(=O)=O. The molecule has 10 heteroatoms. The minimum absolute atomic E-state index is 0.116. The van der Waals surface area contributed by atoms with Crippen molar-refractivity contribution in [2.75, 3.05) is 24.2 Å². The van der Waals surface area contributed by atoms with E-state index in [4.69, 9.17) is 16.3 Å². The lowest BCUT2D eigenvalue weighted by molar-refractivity contribution is -0.141. The summed E-state index contributed by atoms with van der Waals surface area (Å²) in [5.41, 5.74) is 1.33. The number of halogens is 1. The van der Waals surface area contributed by atoms with Gasteiger partial charge in [0.15, 0.2) is 0 Å². The number of methoxy groups -OCH3 is 1. The lowest BCUT2D eigenvalue weighted by Crippen LogP contribution is -2.55. The zero-order valence-corrected chi connectivity index (χ0v) is 23.5. The number of benzene rings is 2. The summed E-state index contributed by atoms with van der Waals surface area (Å²) in [5, 5.41) is 3.32. The minimum Gasteiger partial charge on any atom is -0.497 e. The van der Waals surface area contributed by atoms with E-state index < -0.39 is 34.1 Å². The summed E-state index contributed by atoms with van der Waals surface area (Å²) >= 11 is 6.24. The van der Waals surface area contributed by atoms with Crippen molar-refractivity contribution in [3.8, 4) is 5.75 Å². The zero-order valence-electron chi connectivity index (χ0n) is 22.0. The van der Waals surface area contributed by atoms with Crippen LogP contribution in [0.15, 0.2) is 42.5 Å². The van der Waals surface area contributed by atoms with Crippen LogP contribution < -0.4 is 14.4 Å². The number of sulfonamides is 1. The number of nitrogens with one attached hydrogen (secondary N) is 1. The Balaban J connectivity index is 2.47. The molecule has 0 aromatic heterocycles. The van der Waals surface area contributed by atoms with Crippen LogP contribution in [0.2, 0.25) is 5.02 Å². The molecular formula is C26H36ClN3O5S. The van der Waals surface area contributed by atoms with Crippen molar-refractivity contribution >= 4 is 39.1 Å². The number of aryl methyl sites for hydroxylation is 1. The molecule has 0 bridgehead atoms. The molecule has 36 heavy (non-hydrogen) atoms. The van der Waals surface area contributed by atoms with Crippen molar-refractivity contribution in [3.63, 3.8) is 0 Å². The monoisotopic (exact) mass is 537 g/mol. The molecule has 0 radical (unpaired) electrons. The van der Waals surface area contributed by atoms with Gasteiger partial charge in [-0.25, -0.2) is 8.42 Å². The van der Waals surface area contributed by atoms with Crippen LogP contribution in [0.25, 0.3) is 0 Å². The second kappa shape index (κ2) is 12.0. The van der Waals surface area contributed by atoms with E-state index in [0.717, 1.165) is 21.7 Å². The normalized spacial score (nSPS) is 12.6. The van der Waals surface area contributed by atoms with Crippen LogP contribution in [-0.2, 0) is 26.2 Å². The van der Waals surface area contributed by atoms with E-state index >= 15 is 0 Å². The molecule has 1 atom stereocenters. The maximum atomic E-state index is 13.7. The fourth-order valence-corrected chi connectivity index (χ4v) is 4.67. The van der Waals surface area contributed by atoms with Crippen molar-refractivity contribution in [2.45, 2.75) is 59.2 Å². The first-order valence-electron chi connectivity index (χ1n) is 11.6. The van der Waals surface area contributed by atoms with Crippen LogP contribution in [-0.4, -0.2) is 56.6 Å². The number of carbonyl (C=O) groups is 2. The zero-order chi connectivity index (χ0) is 27.3. The van der Waals surface area contributed by atoms with Crippen LogP contribution in [0.5, 0.6) is 5.75 Å². The summed E-state index contributed by atoms with van der Waals surface area (Å²) in [6.45, 7) is 8.84. The van der Waals surface area contributed by atoms with E-state index in [2.05, 4.69) is 5.32 Å². The third-order valence-corrected chi connectivity index (χ3v) is 7.07. The number of carbonyl (C=O) groups excluding carboxylic acids is 2. The number of ether oxygens (including phenoxy) is 1. The van der Waals surface area contributed by atoms with Gasteiger partial charge in [-0.05, 0) is 69.5 Å². The predicted octanol–water partition coefficient (Wildman–Crippen LogP) is 4.15. The molecule has 0 unspecified atom stereocenters. The largest absolute Gasteiger partial charge is 0.497 e. The number of amides is 2. The second-order valence-corrected chi connectivity index (χ2v) is 12.1. The highest BCUT2D eigenvalue weighted by Gasteiger charge is 2.33. The lowest BCUT2D eigenvalue weighted by Gasteiger charge is -2.34.